The van der Waals surface area contributed by atoms with Gasteiger partial charge in [0.25, 0.3) is 5.91 Å². The van der Waals surface area contributed by atoms with Crippen molar-refractivity contribution >= 4 is 29.1 Å². The van der Waals surface area contributed by atoms with Crippen LogP contribution in [0.4, 0.5) is 18.9 Å². The Labute approximate surface area is 181 Å². The van der Waals surface area contributed by atoms with E-state index >= 15 is 0 Å². The predicted molar refractivity (Wildman–Crippen MR) is 110 cm³/mol. The van der Waals surface area contributed by atoms with E-state index in [1.165, 1.54) is 11.0 Å². The molecule has 1 N–H and O–H groups in total. The minimum absolute atomic E-state index is 0.00447. The fourth-order valence-corrected chi connectivity index (χ4v) is 3.15. The third kappa shape index (κ3) is 5.08. The van der Waals surface area contributed by atoms with Crippen LogP contribution >= 0.6 is 11.6 Å². The Hall–Kier alpha value is -3.26. The molecule has 0 aliphatic heterocycles. The second-order valence-electron chi connectivity index (χ2n) is 6.64. The van der Waals surface area contributed by atoms with Gasteiger partial charge in [0.15, 0.2) is 23.2 Å². The lowest BCUT2D eigenvalue weighted by Gasteiger charge is -2.20. The van der Waals surface area contributed by atoms with Crippen molar-refractivity contribution in [3.8, 4) is 11.3 Å². The summed E-state index contributed by atoms with van der Waals surface area (Å²) >= 11 is 6.15. The fourth-order valence-electron chi connectivity index (χ4n) is 2.92. The molecule has 0 spiro atoms. The number of rotatable bonds is 7. The van der Waals surface area contributed by atoms with E-state index in [0.29, 0.717) is 28.8 Å². The van der Waals surface area contributed by atoms with E-state index in [4.69, 9.17) is 16.0 Å². The summed E-state index contributed by atoms with van der Waals surface area (Å²) in [5.74, 6) is -5.52. The molecule has 0 fully saturated rings. The van der Waals surface area contributed by atoms with Gasteiger partial charge < -0.3 is 14.6 Å². The van der Waals surface area contributed by atoms with Crippen LogP contribution < -0.4 is 5.32 Å². The van der Waals surface area contributed by atoms with Crippen LogP contribution in [0.1, 0.15) is 23.9 Å². The third-order valence-corrected chi connectivity index (χ3v) is 4.71. The standard InChI is InChI=1S/C22H18ClF3N2O3/c1-2-11-28(12-19(29)27-16-8-7-15(24)20(25)21(16)26)22(30)18-10-9-17(31-18)13-5-3-4-6-14(13)23/h3-10H,2,11-12H2,1H3,(H,27,29). The van der Waals surface area contributed by atoms with Gasteiger partial charge in [-0.3, -0.25) is 9.59 Å². The molecule has 2 amide bonds. The number of furan rings is 1. The minimum atomic E-state index is -1.69. The first-order chi connectivity index (χ1) is 14.8. The maximum atomic E-state index is 13.8. The smallest absolute Gasteiger partial charge is 0.290 e. The van der Waals surface area contributed by atoms with Crippen LogP contribution in [0.3, 0.4) is 0 Å². The first kappa shape index (κ1) is 22.4. The number of carbonyl (C=O) groups excluding carboxylic acids is 2. The number of nitrogens with zero attached hydrogens (tertiary/aromatic N) is 1. The molecule has 0 atom stereocenters. The molecule has 5 nitrogen and oxygen atoms in total. The van der Waals surface area contributed by atoms with Crippen molar-refractivity contribution < 1.29 is 27.2 Å². The lowest BCUT2D eigenvalue weighted by molar-refractivity contribution is -0.116. The number of carbonyl (C=O) groups is 2. The normalized spacial score (nSPS) is 10.7. The molecule has 1 heterocycles. The molecule has 0 aliphatic carbocycles. The molecule has 1 aromatic heterocycles. The van der Waals surface area contributed by atoms with Crippen LogP contribution in [0, 0.1) is 17.5 Å². The van der Waals surface area contributed by atoms with E-state index in [-0.39, 0.29) is 12.3 Å². The maximum Gasteiger partial charge on any atom is 0.290 e. The molecule has 3 rings (SSSR count). The number of benzene rings is 2. The number of nitrogens with one attached hydrogen (secondary N) is 1. The molecule has 31 heavy (non-hydrogen) atoms. The highest BCUT2D eigenvalue weighted by atomic mass is 35.5. The Kier molecular flexibility index (Phi) is 7.02. The zero-order valence-corrected chi connectivity index (χ0v) is 17.2. The van der Waals surface area contributed by atoms with Gasteiger partial charge in [-0.05, 0) is 42.8 Å². The van der Waals surface area contributed by atoms with Gasteiger partial charge in [-0.1, -0.05) is 30.7 Å². The number of hydrogen-bond acceptors (Lipinski definition) is 3. The van der Waals surface area contributed by atoms with Crippen molar-refractivity contribution in [1.82, 2.24) is 4.90 Å². The third-order valence-electron chi connectivity index (χ3n) is 4.38. The average molecular weight is 451 g/mol. The Balaban J connectivity index is 1.75. The van der Waals surface area contributed by atoms with Gasteiger partial charge in [-0.15, -0.1) is 0 Å². The molecule has 0 aliphatic rings. The van der Waals surface area contributed by atoms with Crippen LogP contribution in [-0.4, -0.2) is 29.8 Å². The molecule has 3 aromatic rings. The number of anilines is 1. The summed E-state index contributed by atoms with van der Waals surface area (Å²) in [6.07, 6.45) is 0.538. The summed E-state index contributed by atoms with van der Waals surface area (Å²) in [6.45, 7) is 1.59. The van der Waals surface area contributed by atoms with E-state index in [9.17, 15) is 22.8 Å². The Morgan fingerprint density at radius 3 is 2.48 bits per heavy atom. The van der Waals surface area contributed by atoms with Crippen LogP contribution in [-0.2, 0) is 4.79 Å². The summed E-state index contributed by atoms with van der Waals surface area (Å²) in [5.41, 5.74) is 0.0867. The van der Waals surface area contributed by atoms with Crippen molar-refractivity contribution in [2.24, 2.45) is 0 Å². The monoisotopic (exact) mass is 450 g/mol. The number of hydrogen-bond donors (Lipinski definition) is 1. The van der Waals surface area contributed by atoms with Crippen molar-refractivity contribution in [3.05, 3.63) is 76.8 Å². The second kappa shape index (κ2) is 9.70. The van der Waals surface area contributed by atoms with E-state index in [0.717, 1.165) is 6.07 Å². The summed E-state index contributed by atoms with van der Waals surface area (Å²) in [5, 5.41) is 2.60. The average Bonchev–Trinajstić information content (AvgIpc) is 3.23. The Bertz CT molecular complexity index is 1120. The van der Waals surface area contributed by atoms with E-state index in [1.54, 1.807) is 30.3 Å². The quantitative estimate of drug-likeness (QED) is 0.483. The van der Waals surface area contributed by atoms with Gasteiger partial charge >= 0.3 is 0 Å². The van der Waals surface area contributed by atoms with Gasteiger partial charge in [-0.25, -0.2) is 13.2 Å². The Morgan fingerprint density at radius 1 is 1.03 bits per heavy atom. The van der Waals surface area contributed by atoms with E-state index in [1.807, 2.05) is 6.92 Å². The first-order valence-corrected chi connectivity index (χ1v) is 9.77. The largest absolute Gasteiger partial charge is 0.451 e. The molecule has 2 aromatic carbocycles. The molecular weight excluding hydrogens is 433 g/mol. The van der Waals surface area contributed by atoms with Gasteiger partial charge in [-0.2, -0.15) is 0 Å². The number of halogens is 4. The number of amides is 2. The highest BCUT2D eigenvalue weighted by Gasteiger charge is 2.23. The molecule has 9 heteroatoms. The topological polar surface area (TPSA) is 62.6 Å². The van der Waals surface area contributed by atoms with E-state index < -0.39 is 41.5 Å². The van der Waals surface area contributed by atoms with Crippen LogP contribution in [0.25, 0.3) is 11.3 Å². The van der Waals surface area contributed by atoms with Crippen molar-refractivity contribution in [2.75, 3.05) is 18.4 Å². The zero-order chi connectivity index (χ0) is 22.5. The molecule has 0 bridgehead atoms. The van der Waals surface area contributed by atoms with Crippen LogP contribution in [0.5, 0.6) is 0 Å². The minimum Gasteiger partial charge on any atom is -0.451 e. The summed E-state index contributed by atoms with van der Waals surface area (Å²) in [7, 11) is 0. The summed E-state index contributed by atoms with van der Waals surface area (Å²) in [6, 6.07) is 11.6. The zero-order valence-electron chi connectivity index (χ0n) is 16.4. The van der Waals surface area contributed by atoms with Crippen LogP contribution in [0.2, 0.25) is 5.02 Å². The van der Waals surface area contributed by atoms with Crippen molar-refractivity contribution in [1.29, 1.82) is 0 Å². The van der Waals surface area contributed by atoms with Gasteiger partial charge in [0.05, 0.1) is 10.7 Å². The molecular formula is C22H18ClF3N2O3. The SMILES string of the molecule is CCCN(CC(=O)Nc1ccc(F)c(F)c1F)C(=O)c1ccc(-c2ccccc2Cl)o1. The first-order valence-electron chi connectivity index (χ1n) is 9.39. The highest BCUT2D eigenvalue weighted by Crippen LogP contribution is 2.29. The van der Waals surface area contributed by atoms with Gasteiger partial charge in [0.1, 0.15) is 12.3 Å². The molecule has 0 unspecified atom stereocenters. The lowest BCUT2D eigenvalue weighted by atomic mass is 10.2. The fraction of sp³-hybridized carbons (Fsp3) is 0.182. The Morgan fingerprint density at radius 2 is 1.77 bits per heavy atom. The summed E-state index contributed by atoms with van der Waals surface area (Å²) < 4.78 is 45.8. The highest BCUT2D eigenvalue weighted by molar-refractivity contribution is 6.33. The maximum absolute atomic E-state index is 13.8. The van der Waals surface area contributed by atoms with Gasteiger partial charge in [0.2, 0.25) is 5.91 Å². The van der Waals surface area contributed by atoms with Gasteiger partial charge in [0, 0.05) is 12.1 Å². The van der Waals surface area contributed by atoms with Crippen molar-refractivity contribution in [2.45, 2.75) is 13.3 Å². The lowest BCUT2D eigenvalue weighted by Crippen LogP contribution is -2.38. The second-order valence-corrected chi connectivity index (χ2v) is 7.05. The summed E-state index contributed by atoms with van der Waals surface area (Å²) in [4.78, 5) is 26.4. The molecule has 0 saturated carbocycles. The van der Waals surface area contributed by atoms with Crippen molar-refractivity contribution in [3.63, 3.8) is 0 Å². The van der Waals surface area contributed by atoms with E-state index in [2.05, 4.69) is 5.32 Å². The molecule has 162 valence electrons. The molecule has 0 saturated heterocycles. The van der Waals surface area contributed by atoms with Crippen LogP contribution in [0.15, 0.2) is 52.9 Å². The predicted octanol–water partition coefficient (Wildman–Crippen LogP) is 5.51. The molecule has 0 radical (unpaired) electrons.